The largest absolute Gasteiger partial charge is 0.497 e. The fourth-order valence-corrected chi connectivity index (χ4v) is 6.32. The van der Waals surface area contributed by atoms with E-state index in [1.807, 2.05) is 0 Å². The van der Waals surface area contributed by atoms with Crippen molar-refractivity contribution < 1.29 is 21.6 Å². The number of hydrogen-bond donors (Lipinski definition) is 1. The molecule has 0 aliphatic carbocycles. The quantitative estimate of drug-likeness (QED) is 0.589. The molecule has 3 aromatic rings. The predicted molar refractivity (Wildman–Crippen MR) is 114 cm³/mol. The van der Waals surface area contributed by atoms with Gasteiger partial charge in [-0.25, -0.2) is 16.8 Å². The highest BCUT2D eigenvalue weighted by molar-refractivity contribution is 7.94. The van der Waals surface area contributed by atoms with Crippen molar-refractivity contribution >= 4 is 31.3 Å². The summed E-state index contributed by atoms with van der Waals surface area (Å²) in [6.45, 7) is 1.78. The first-order chi connectivity index (χ1) is 14.1. The van der Waals surface area contributed by atoms with Crippen LogP contribution in [-0.4, -0.2) is 23.9 Å². The molecule has 0 heterocycles. The summed E-state index contributed by atoms with van der Waals surface area (Å²) in [5.41, 5.74) is 6.58. The van der Waals surface area contributed by atoms with E-state index in [2.05, 4.69) is 0 Å². The molecule has 0 unspecified atom stereocenters. The minimum atomic E-state index is -4.17. The lowest BCUT2D eigenvalue weighted by Gasteiger charge is -2.14. The van der Waals surface area contributed by atoms with Crippen LogP contribution in [0.4, 0.5) is 0 Å². The van der Waals surface area contributed by atoms with Crippen LogP contribution in [0.3, 0.4) is 0 Å². The fourth-order valence-electron chi connectivity index (χ4n) is 2.87. The molecule has 1 atom stereocenters. The highest BCUT2D eigenvalue weighted by Gasteiger charge is 2.30. The monoisotopic (exact) mass is 465 g/mol. The van der Waals surface area contributed by atoms with E-state index in [4.69, 9.17) is 22.1 Å². The van der Waals surface area contributed by atoms with Crippen molar-refractivity contribution in [3.05, 3.63) is 77.3 Å². The van der Waals surface area contributed by atoms with Gasteiger partial charge in [0.2, 0.25) is 19.7 Å². The van der Waals surface area contributed by atoms with Crippen LogP contribution in [0.5, 0.6) is 5.75 Å². The molecule has 0 fully saturated rings. The summed E-state index contributed by atoms with van der Waals surface area (Å²) in [6.07, 6.45) is 0. The van der Waals surface area contributed by atoms with Gasteiger partial charge in [0.15, 0.2) is 0 Å². The van der Waals surface area contributed by atoms with Crippen molar-refractivity contribution in [3.8, 4) is 5.75 Å². The van der Waals surface area contributed by atoms with Crippen molar-refractivity contribution in [3.63, 3.8) is 0 Å². The summed E-state index contributed by atoms with van der Waals surface area (Å²) in [6, 6.07) is 15.1. The van der Waals surface area contributed by atoms with Crippen molar-refractivity contribution in [1.29, 1.82) is 0 Å². The number of halogens is 1. The Morgan fingerprint density at radius 1 is 0.800 bits per heavy atom. The number of hydrogen-bond acceptors (Lipinski definition) is 6. The second-order valence-corrected chi connectivity index (χ2v) is 10.9. The lowest BCUT2D eigenvalue weighted by atomic mass is 10.1. The summed E-state index contributed by atoms with van der Waals surface area (Å²) >= 11 is 5.85. The first-order valence-electron chi connectivity index (χ1n) is 8.86. The van der Waals surface area contributed by atoms with Crippen LogP contribution in [0.15, 0.2) is 86.3 Å². The summed E-state index contributed by atoms with van der Waals surface area (Å²) in [5.74, 6) is 0.216. The van der Waals surface area contributed by atoms with Crippen LogP contribution >= 0.6 is 11.6 Å². The second-order valence-electron chi connectivity index (χ2n) is 6.63. The first-order valence-corrected chi connectivity index (χ1v) is 12.2. The van der Waals surface area contributed by atoms with Gasteiger partial charge in [0.25, 0.3) is 0 Å². The Kier molecular flexibility index (Phi) is 6.24. The van der Waals surface area contributed by atoms with Crippen molar-refractivity contribution in [2.24, 2.45) is 5.73 Å². The van der Waals surface area contributed by atoms with Gasteiger partial charge in [0, 0.05) is 17.1 Å². The lowest BCUT2D eigenvalue weighted by molar-refractivity contribution is 0.412. The molecule has 0 spiro atoms. The minimum absolute atomic E-state index is 0.0374. The van der Waals surface area contributed by atoms with E-state index in [9.17, 15) is 16.8 Å². The van der Waals surface area contributed by atoms with Gasteiger partial charge in [-0.2, -0.15) is 0 Å². The van der Waals surface area contributed by atoms with E-state index < -0.39 is 19.7 Å². The van der Waals surface area contributed by atoms with Gasteiger partial charge in [-0.15, -0.1) is 0 Å². The Morgan fingerprint density at radius 3 is 1.80 bits per heavy atom. The van der Waals surface area contributed by atoms with Gasteiger partial charge < -0.3 is 10.5 Å². The summed E-state index contributed by atoms with van der Waals surface area (Å²) < 4.78 is 58.3. The van der Waals surface area contributed by atoms with Crippen LogP contribution in [0, 0.1) is 0 Å². The molecule has 0 radical (unpaired) electrons. The summed E-state index contributed by atoms with van der Waals surface area (Å²) in [4.78, 5) is -0.833. The number of nitrogens with two attached hydrogens (primary N) is 1. The van der Waals surface area contributed by atoms with E-state index in [0.717, 1.165) is 5.56 Å². The highest BCUT2D eigenvalue weighted by atomic mass is 35.5. The first kappa shape index (κ1) is 22.3. The molecule has 0 aromatic heterocycles. The van der Waals surface area contributed by atoms with E-state index in [1.165, 1.54) is 61.7 Å². The van der Waals surface area contributed by atoms with Crippen molar-refractivity contribution in [2.45, 2.75) is 32.5 Å². The molecule has 0 bridgehead atoms. The molecule has 0 saturated heterocycles. The van der Waals surface area contributed by atoms with Gasteiger partial charge in [-0.1, -0.05) is 23.7 Å². The molecule has 158 valence electrons. The molecule has 3 aromatic carbocycles. The molecule has 9 heteroatoms. The van der Waals surface area contributed by atoms with Gasteiger partial charge in [0.1, 0.15) is 5.75 Å². The maximum Gasteiger partial charge on any atom is 0.208 e. The zero-order valence-electron chi connectivity index (χ0n) is 16.2. The van der Waals surface area contributed by atoms with E-state index in [1.54, 1.807) is 19.1 Å². The summed E-state index contributed by atoms with van der Waals surface area (Å²) in [5, 5.41) is 0.363. The van der Waals surface area contributed by atoms with Crippen LogP contribution in [0.2, 0.25) is 5.02 Å². The minimum Gasteiger partial charge on any atom is -0.497 e. The zero-order valence-corrected chi connectivity index (χ0v) is 18.6. The Morgan fingerprint density at radius 2 is 1.30 bits per heavy atom. The Bertz CT molecular complexity index is 1270. The Labute approximate surface area is 181 Å². The lowest BCUT2D eigenvalue weighted by Crippen LogP contribution is -2.12. The average molecular weight is 466 g/mol. The van der Waals surface area contributed by atoms with Gasteiger partial charge in [0.05, 0.1) is 26.7 Å². The normalized spacial score (nSPS) is 13.1. The highest BCUT2D eigenvalue weighted by Crippen LogP contribution is 2.34. The SMILES string of the molecule is COc1ccc(S(=O)(=O)c2ccc([C@H](C)N)cc2)c(S(=O)(=O)c2ccc(Cl)cc2)c1. The number of benzene rings is 3. The maximum atomic E-state index is 13.3. The number of sulfone groups is 2. The maximum absolute atomic E-state index is 13.3. The second kappa shape index (κ2) is 8.39. The van der Waals surface area contributed by atoms with E-state index in [-0.39, 0.29) is 31.4 Å². The molecule has 2 N–H and O–H groups in total. The van der Waals surface area contributed by atoms with Crippen molar-refractivity contribution in [1.82, 2.24) is 0 Å². The zero-order chi connectivity index (χ0) is 22.1. The van der Waals surface area contributed by atoms with Gasteiger partial charge in [-0.3, -0.25) is 0 Å². The van der Waals surface area contributed by atoms with E-state index >= 15 is 0 Å². The van der Waals surface area contributed by atoms with Crippen LogP contribution in [0.1, 0.15) is 18.5 Å². The molecular formula is C21H20ClNO5S2. The number of rotatable bonds is 6. The van der Waals surface area contributed by atoms with Gasteiger partial charge in [-0.05, 0) is 61.0 Å². The predicted octanol–water partition coefficient (Wildman–Crippen LogP) is 4.03. The fraction of sp³-hybridized carbons (Fsp3) is 0.143. The molecule has 0 aliphatic heterocycles. The molecule has 0 aliphatic rings. The van der Waals surface area contributed by atoms with Crippen LogP contribution < -0.4 is 10.5 Å². The smallest absolute Gasteiger partial charge is 0.208 e. The molecule has 6 nitrogen and oxygen atoms in total. The number of ether oxygens (including phenoxy) is 1. The summed E-state index contributed by atoms with van der Waals surface area (Å²) in [7, 11) is -6.94. The standard InChI is InChI=1S/C21H20ClNO5S2/c1-14(23)15-3-8-18(9-4-15)29(24,25)20-12-7-17(28-2)13-21(20)30(26,27)19-10-5-16(22)6-11-19/h3-14H,23H2,1-2H3/t14-/m0/s1. The topological polar surface area (TPSA) is 104 Å². The third-order valence-corrected chi connectivity index (χ3v) is 8.59. The van der Waals surface area contributed by atoms with E-state index in [0.29, 0.717) is 5.02 Å². The third kappa shape index (κ3) is 4.22. The van der Waals surface area contributed by atoms with Crippen LogP contribution in [-0.2, 0) is 19.7 Å². The molecule has 30 heavy (non-hydrogen) atoms. The van der Waals surface area contributed by atoms with Crippen molar-refractivity contribution in [2.75, 3.05) is 7.11 Å². The third-order valence-electron chi connectivity index (χ3n) is 4.57. The number of methoxy groups -OCH3 is 1. The molecule has 0 amide bonds. The molecular weight excluding hydrogens is 446 g/mol. The van der Waals surface area contributed by atoms with Gasteiger partial charge >= 0.3 is 0 Å². The molecule has 0 saturated carbocycles. The average Bonchev–Trinajstić information content (AvgIpc) is 2.73. The Balaban J connectivity index is 2.21. The molecule has 3 rings (SSSR count). The Hall–Kier alpha value is -2.39. The van der Waals surface area contributed by atoms with Crippen LogP contribution in [0.25, 0.3) is 0 Å².